The molecular formula is C11H13NO3S. The average molecular weight is 239 g/mol. The van der Waals surface area contributed by atoms with Gasteiger partial charge in [-0.15, -0.1) is 0 Å². The lowest BCUT2D eigenvalue weighted by Gasteiger charge is -2.05. The molecule has 0 fully saturated rings. The fourth-order valence-corrected chi connectivity index (χ4v) is 3.15. The summed E-state index contributed by atoms with van der Waals surface area (Å²) in [6.45, 7) is 0. The van der Waals surface area contributed by atoms with E-state index in [0.29, 0.717) is 17.7 Å². The number of sulfone groups is 1. The molecule has 4 nitrogen and oxygen atoms in total. The normalized spacial score (nSPS) is 19.4. The van der Waals surface area contributed by atoms with Gasteiger partial charge in [0, 0.05) is 12.2 Å². The predicted molar refractivity (Wildman–Crippen MR) is 59.6 cm³/mol. The Hall–Kier alpha value is -1.36. The minimum atomic E-state index is -3.23. The number of carbonyl (C=O) groups excluding carboxylic acids is 1. The van der Waals surface area contributed by atoms with E-state index in [1.807, 2.05) is 6.07 Å². The fraction of sp³-hybridized carbons (Fsp3) is 0.364. The molecule has 1 unspecified atom stereocenters. The van der Waals surface area contributed by atoms with Gasteiger partial charge >= 0.3 is 0 Å². The molecule has 1 aromatic carbocycles. The van der Waals surface area contributed by atoms with E-state index in [0.717, 1.165) is 11.1 Å². The van der Waals surface area contributed by atoms with Crippen molar-refractivity contribution in [1.29, 1.82) is 0 Å². The third-order valence-electron chi connectivity index (χ3n) is 2.95. The predicted octanol–water partition coefficient (Wildman–Crippen LogP) is 0.290. The summed E-state index contributed by atoms with van der Waals surface area (Å²) < 4.78 is 23.1. The monoisotopic (exact) mass is 239 g/mol. The number of fused-ring (bicyclic) bond motifs is 1. The van der Waals surface area contributed by atoms with Gasteiger partial charge in [0.2, 0.25) is 5.91 Å². The van der Waals surface area contributed by atoms with Gasteiger partial charge in [-0.3, -0.25) is 4.79 Å². The molecule has 5 heteroatoms. The van der Waals surface area contributed by atoms with Gasteiger partial charge in [0.05, 0.1) is 4.90 Å². The molecule has 2 rings (SSSR count). The van der Waals surface area contributed by atoms with Crippen LogP contribution in [0.25, 0.3) is 0 Å². The second-order valence-corrected chi connectivity index (χ2v) is 6.16. The number of rotatable bonds is 2. The van der Waals surface area contributed by atoms with Gasteiger partial charge in [-0.05, 0) is 30.0 Å². The number of amides is 1. The zero-order chi connectivity index (χ0) is 11.9. The maximum absolute atomic E-state index is 11.6. The van der Waals surface area contributed by atoms with Gasteiger partial charge in [-0.25, -0.2) is 8.42 Å². The quantitative estimate of drug-likeness (QED) is 0.805. The third kappa shape index (κ3) is 1.82. The first-order chi connectivity index (χ1) is 7.39. The molecule has 0 bridgehead atoms. The van der Waals surface area contributed by atoms with E-state index in [-0.39, 0.29) is 11.8 Å². The molecule has 86 valence electrons. The average Bonchev–Trinajstić information content (AvgIpc) is 2.58. The van der Waals surface area contributed by atoms with Crippen LogP contribution in [0.15, 0.2) is 23.1 Å². The molecule has 1 amide bonds. The molecule has 0 aliphatic heterocycles. The van der Waals surface area contributed by atoms with Crippen LogP contribution < -0.4 is 5.73 Å². The van der Waals surface area contributed by atoms with Gasteiger partial charge < -0.3 is 5.73 Å². The van der Waals surface area contributed by atoms with Crippen molar-refractivity contribution in [1.82, 2.24) is 0 Å². The molecular weight excluding hydrogens is 226 g/mol. The SMILES string of the molecule is CS(=O)(=O)c1cccc2c1CC(C(N)=O)C2. The van der Waals surface area contributed by atoms with Crippen molar-refractivity contribution >= 4 is 15.7 Å². The summed E-state index contributed by atoms with van der Waals surface area (Å²) in [7, 11) is -3.23. The molecule has 0 saturated heterocycles. The van der Waals surface area contributed by atoms with E-state index in [9.17, 15) is 13.2 Å². The van der Waals surface area contributed by atoms with Crippen molar-refractivity contribution in [2.75, 3.05) is 6.26 Å². The highest BCUT2D eigenvalue weighted by Gasteiger charge is 2.29. The highest BCUT2D eigenvalue weighted by atomic mass is 32.2. The number of hydrogen-bond donors (Lipinski definition) is 1. The number of benzene rings is 1. The summed E-state index contributed by atoms with van der Waals surface area (Å²) in [6.07, 6.45) is 2.17. The summed E-state index contributed by atoms with van der Waals surface area (Å²) in [6, 6.07) is 5.14. The summed E-state index contributed by atoms with van der Waals surface area (Å²) in [5.41, 5.74) is 6.93. The van der Waals surface area contributed by atoms with Crippen molar-refractivity contribution in [3.63, 3.8) is 0 Å². The molecule has 0 saturated carbocycles. The molecule has 0 aromatic heterocycles. The van der Waals surface area contributed by atoms with Crippen LogP contribution in [0.4, 0.5) is 0 Å². The Kier molecular flexibility index (Phi) is 2.50. The Morgan fingerprint density at radius 2 is 2.06 bits per heavy atom. The lowest BCUT2D eigenvalue weighted by Crippen LogP contribution is -2.23. The second kappa shape index (κ2) is 3.59. The van der Waals surface area contributed by atoms with E-state index in [1.54, 1.807) is 12.1 Å². The molecule has 1 atom stereocenters. The Morgan fingerprint density at radius 1 is 1.38 bits per heavy atom. The maximum atomic E-state index is 11.6. The fourth-order valence-electron chi connectivity index (χ4n) is 2.17. The van der Waals surface area contributed by atoms with Gasteiger partial charge in [-0.1, -0.05) is 12.1 Å². The highest BCUT2D eigenvalue weighted by Crippen LogP contribution is 2.31. The second-order valence-electron chi connectivity index (χ2n) is 4.17. The lowest BCUT2D eigenvalue weighted by molar-refractivity contribution is -0.121. The van der Waals surface area contributed by atoms with Crippen LogP contribution in [0.5, 0.6) is 0 Å². The largest absolute Gasteiger partial charge is 0.369 e. The minimum absolute atomic E-state index is 0.266. The van der Waals surface area contributed by atoms with Gasteiger partial charge in [-0.2, -0.15) is 0 Å². The Balaban J connectivity index is 2.51. The van der Waals surface area contributed by atoms with E-state index in [4.69, 9.17) is 5.73 Å². The van der Waals surface area contributed by atoms with Crippen LogP contribution in [0.1, 0.15) is 11.1 Å². The number of nitrogens with two attached hydrogens (primary N) is 1. The summed E-state index contributed by atoms with van der Waals surface area (Å²) in [5.74, 6) is -0.631. The van der Waals surface area contributed by atoms with Crippen LogP contribution in [-0.2, 0) is 27.5 Å². The minimum Gasteiger partial charge on any atom is -0.369 e. The Labute approximate surface area is 94.4 Å². The van der Waals surface area contributed by atoms with Crippen LogP contribution >= 0.6 is 0 Å². The van der Waals surface area contributed by atoms with Crippen molar-refractivity contribution < 1.29 is 13.2 Å². The van der Waals surface area contributed by atoms with E-state index in [1.165, 1.54) is 6.26 Å². The number of hydrogen-bond acceptors (Lipinski definition) is 3. The first kappa shape index (κ1) is 11.1. The van der Waals surface area contributed by atoms with Crippen LogP contribution in [0, 0.1) is 5.92 Å². The Bertz CT molecular complexity index is 548. The molecule has 1 aromatic rings. The van der Waals surface area contributed by atoms with Crippen molar-refractivity contribution in [3.05, 3.63) is 29.3 Å². The van der Waals surface area contributed by atoms with Gasteiger partial charge in [0.15, 0.2) is 9.84 Å². The first-order valence-corrected chi connectivity index (χ1v) is 6.89. The zero-order valence-electron chi connectivity index (χ0n) is 8.93. The number of carbonyl (C=O) groups is 1. The van der Waals surface area contributed by atoms with Gasteiger partial charge in [0.1, 0.15) is 0 Å². The molecule has 2 N–H and O–H groups in total. The molecule has 1 aliphatic carbocycles. The third-order valence-corrected chi connectivity index (χ3v) is 4.13. The summed E-state index contributed by atoms with van der Waals surface area (Å²) >= 11 is 0. The number of primary amides is 1. The molecule has 1 aliphatic rings. The summed E-state index contributed by atoms with van der Waals surface area (Å²) in [4.78, 5) is 11.4. The first-order valence-electron chi connectivity index (χ1n) is 4.99. The lowest BCUT2D eigenvalue weighted by atomic mass is 10.1. The molecule has 0 heterocycles. The van der Waals surface area contributed by atoms with Gasteiger partial charge in [0.25, 0.3) is 0 Å². The standard InChI is InChI=1S/C11H13NO3S/c1-16(14,15)10-4-2-3-7-5-8(11(12)13)6-9(7)10/h2-4,8H,5-6H2,1H3,(H2,12,13). The van der Waals surface area contributed by atoms with E-state index >= 15 is 0 Å². The smallest absolute Gasteiger partial charge is 0.221 e. The molecule has 0 radical (unpaired) electrons. The van der Waals surface area contributed by atoms with Crippen molar-refractivity contribution in [2.24, 2.45) is 11.7 Å². The highest BCUT2D eigenvalue weighted by molar-refractivity contribution is 7.90. The summed E-state index contributed by atoms with van der Waals surface area (Å²) in [5, 5.41) is 0. The van der Waals surface area contributed by atoms with Crippen LogP contribution in [-0.4, -0.2) is 20.6 Å². The topological polar surface area (TPSA) is 77.2 Å². The molecule has 0 spiro atoms. The van der Waals surface area contributed by atoms with E-state index < -0.39 is 9.84 Å². The maximum Gasteiger partial charge on any atom is 0.221 e. The van der Waals surface area contributed by atoms with Crippen molar-refractivity contribution in [2.45, 2.75) is 17.7 Å². The molecule has 16 heavy (non-hydrogen) atoms. The van der Waals surface area contributed by atoms with E-state index in [2.05, 4.69) is 0 Å². The zero-order valence-corrected chi connectivity index (χ0v) is 9.75. The Morgan fingerprint density at radius 3 is 2.62 bits per heavy atom. The van der Waals surface area contributed by atoms with Crippen LogP contribution in [0.3, 0.4) is 0 Å². The van der Waals surface area contributed by atoms with Crippen LogP contribution in [0.2, 0.25) is 0 Å². The van der Waals surface area contributed by atoms with Crippen molar-refractivity contribution in [3.8, 4) is 0 Å².